The topological polar surface area (TPSA) is 71.3 Å². The Morgan fingerprint density at radius 2 is 1.74 bits per heavy atom. The van der Waals surface area contributed by atoms with Gasteiger partial charge >= 0.3 is 0 Å². The van der Waals surface area contributed by atoms with Crippen LogP contribution < -0.4 is 19.9 Å². The second kappa shape index (κ2) is 9.49. The number of benzene rings is 2. The Labute approximate surface area is 225 Å². The van der Waals surface area contributed by atoms with E-state index in [1.165, 1.54) is 16.8 Å². The minimum absolute atomic E-state index is 0.0535. The molecule has 0 saturated carbocycles. The molecule has 1 aliphatic rings. The summed E-state index contributed by atoms with van der Waals surface area (Å²) in [6.45, 7) is 15.8. The van der Waals surface area contributed by atoms with E-state index in [9.17, 15) is 0 Å². The highest BCUT2D eigenvalue weighted by molar-refractivity contribution is 5.87. The van der Waals surface area contributed by atoms with Crippen molar-refractivity contribution in [2.75, 3.05) is 41.9 Å². The van der Waals surface area contributed by atoms with Gasteiger partial charge in [0.25, 0.3) is 0 Å². The van der Waals surface area contributed by atoms with Gasteiger partial charge in [0.1, 0.15) is 11.3 Å². The molecule has 0 amide bonds. The lowest BCUT2D eigenvalue weighted by Crippen LogP contribution is -2.60. The summed E-state index contributed by atoms with van der Waals surface area (Å²) in [6, 6.07) is 14.9. The van der Waals surface area contributed by atoms with Crippen molar-refractivity contribution in [2.24, 2.45) is 7.05 Å². The molecule has 8 heteroatoms. The highest BCUT2D eigenvalue weighted by atomic mass is 16.5. The summed E-state index contributed by atoms with van der Waals surface area (Å²) in [4.78, 5) is 19.3. The lowest BCUT2D eigenvalue weighted by molar-refractivity contribution is 0.408. The standard InChI is InChI=1S/C30H39N7O/c1-20-9-10-21(29(2,3)4)17-24(20)32-27-25-26(31-19-35(25)7)33-28(34-27)36-15-16-37(30(5,6)18-36)22-11-13-23(38-8)14-12-22/h9-14,17,19H,15-16,18H2,1-8H3,(H,32,33,34). The second-order valence-electron chi connectivity index (χ2n) is 11.9. The van der Waals surface area contributed by atoms with Crippen LogP contribution >= 0.6 is 0 Å². The van der Waals surface area contributed by atoms with Crippen molar-refractivity contribution in [1.29, 1.82) is 0 Å². The third-order valence-corrected chi connectivity index (χ3v) is 7.49. The van der Waals surface area contributed by atoms with Crippen molar-refractivity contribution in [3.05, 3.63) is 59.9 Å². The van der Waals surface area contributed by atoms with E-state index in [1.54, 1.807) is 13.4 Å². The summed E-state index contributed by atoms with van der Waals surface area (Å²) in [5, 5.41) is 3.64. The van der Waals surface area contributed by atoms with Gasteiger partial charge in [-0.05, 0) is 67.6 Å². The molecule has 1 fully saturated rings. The van der Waals surface area contributed by atoms with Crippen LogP contribution in [0.3, 0.4) is 0 Å². The molecule has 1 N–H and O–H groups in total. The molecular weight excluding hydrogens is 474 g/mol. The number of nitrogens with one attached hydrogen (secondary N) is 1. The van der Waals surface area contributed by atoms with Gasteiger partial charge in [0, 0.05) is 38.1 Å². The van der Waals surface area contributed by atoms with Gasteiger partial charge in [-0.1, -0.05) is 32.9 Å². The van der Waals surface area contributed by atoms with Crippen LogP contribution in [0.15, 0.2) is 48.8 Å². The number of rotatable bonds is 5. The first-order valence-corrected chi connectivity index (χ1v) is 13.2. The number of methoxy groups -OCH3 is 1. The van der Waals surface area contributed by atoms with Gasteiger partial charge in [-0.15, -0.1) is 0 Å². The molecule has 0 atom stereocenters. The summed E-state index contributed by atoms with van der Waals surface area (Å²) in [5.74, 6) is 2.34. The van der Waals surface area contributed by atoms with E-state index in [4.69, 9.17) is 14.7 Å². The van der Waals surface area contributed by atoms with Crippen LogP contribution in [0.2, 0.25) is 0 Å². The van der Waals surface area contributed by atoms with Gasteiger partial charge in [0.15, 0.2) is 11.5 Å². The van der Waals surface area contributed by atoms with Gasteiger partial charge in [-0.3, -0.25) is 0 Å². The lowest BCUT2D eigenvalue weighted by Gasteiger charge is -2.48. The molecule has 0 aliphatic carbocycles. The summed E-state index contributed by atoms with van der Waals surface area (Å²) >= 11 is 0. The molecule has 2 aromatic heterocycles. The minimum atomic E-state index is -0.125. The van der Waals surface area contributed by atoms with Gasteiger partial charge < -0.3 is 24.4 Å². The number of ether oxygens (including phenoxy) is 1. The predicted octanol–water partition coefficient (Wildman–Crippen LogP) is 5.83. The van der Waals surface area contributed by atoms with Gasteiger partial charge in [-0.25, -0.2) is 4.98 Å². The molecule has 4 aromatic rings. The third kappa shape index (κ3) is 4.87. The summed E-state index contributed by atoms with van der Waals surface area (Å²) < 4.78 is 7.33. The van der Waals surface area contributed by atoms with Crippen LogP contribution in [-0.2, 0) is 12.5 Å². The molecule has 1 aliphatic heterocycles. The smallest absolute Gasteiger partial charge is 0.229 e. The molecule has 0 radical (unpaired) electrons. The fraction of sp³-hybridized carbons (Fsp3) is 0.433. The molecule has 0 spiro atoms. The molecular formula is C30H39N7O. The number of fused-ring (bicyclic) bond motifs is 1. The van der Waals surface area contributed by atoms with Crippen molar-refractivity contribution < 1.29 is 4.74 Å². The average molecular weight is 514 g/mol. The number of nitrogens with zero attached hydrogens (tertiary/aromatic N) is 6. The highest BCUT2D eigenvalue weighted by Gasteiger charge is 2.35. The van der Waals surface area contributed by atoms with E-state index in [1.807, 2.05) is 23.7 Å². The van der Waals surface area contributed by atoms with Crippen LogP contribution in [0, 0.1) is 6.92 Å². The Balaban J connectivity index is 1.47. The number of aromatic nitrogens is 4. The third-order valence-electron chi connectivity index (χ3n) is 7.49. The first-order chi connectivity index (χ1) is 18.0. The second-order valence-corrected chi connectivity index (χ2v) is 11.9. The van der Waals surface area contributed by atoms with E-state index >= 15 is 0 Å². The maximum absolute atomic E-state index is 5.35. The van der Waals surface area contributed by atoms with Crippen LogP contribution in [0.5, 0.6) is 5.75 Å². The number of anilines is 4. The summed E-state index contributed by atoms with van der Waals surface area (Å²) in [7, 11) is 3.68. The van der Waals surface area contributed by atoms with E-state index in [2.05, 4.69) is 92.0 Å². The fourth-order valence-electron chi connectivity index (χ4n) is 5.19. The zero-order valence-electron chi connectivity index (χ0n) is 23.8. The van der Waals surface area contributed by atoms with E-state index in [0.29, 0.717) is 11.6 Å². The first kappa shape index (κ1) is 25.8. The summed E-state index contributed by atoms with van der Waals surface area (Å²) in [5.41, 5.74) is 6.20. The Bertz CT molecular complexity index is 1450. The number of hydrogen-bond donors (Lipinski definition) is 1. The highest BCUT2D eigenvalue weighted by Crippen LogP contribution is 2.34. The molecule has 0 bridgehead atoms. The number of aryl methyl sites for hydroxylation is 2. The zero-order chi connectivity index (χ0) is 27.2. The van der Waals surface area contributed by atoms with Crippen molar-refractivity contribution in [3.63, 3.8) is 0 Å². The van der Waals surface area contributed by atoms with Crippen LogP contribution in [0.1, 0.15) is 45.7 Å². The molecule has 2 aromatic carbocycles. The van der Waals surface area contributed by atoms with Crippen molar-refractivity contribution in [3.8, 4) is 5.75 Å². The monoisotopic (exact) mass is 513 g/mol. The Morgan fingerprint density at radius 3 is 2.39 bits per heavy atom. The maximum atomic E-state index is 5.35. The van der Waals surface area contributed by atoms with Gasteiger partial charge in [0.2, 0.25) is 5.95 Å². The predicted molar refractivity (Wildman–Crippen MR) is 156 cm³/mol. The normalized spacial score (nSPS) is 15.7. The van der Waals surface area contributed by atoms with Crippen LogP contribution in [-0.4, -0.2) is 51.8 Å². The number of imidazole rings is 1. The first-order valence-electron chi connectivity index (χ1n) is 13.2. The quantitative estimate of drug-likeness (QED) is 0.360. The van der Waals surface area contributed by atoms with Gasteiger partial charge in [0.05, 0.1) is 19.0 Å². The van der Waals surface area contributed by atoms with Crippen molar-refractivity contribution in [1.82, 2.24) is 19.5 Å². The molecule has 0 unspecified atom stereocenters. The summed E-state index contributed by atoms with van der Waals surface area (Å²) in [6.07, 6.45) is 1.80. The minimum Gasteiger partial charge on any atom is -0.497 e. The average Bonchev–Trinajstić information content (AvgIpc) is 3.25. The van der Waals surface area contributed by atoms with E-state index < -0.39 is 0 Å². The van der Waals surface area contributed by atoms with E-state index in [0.717, 1.165) is 42.4 Å². The maximum Gasteiger partial charge on any atom is 0.229 e. The molecule has 8 nitrogen and oxygen atoms in total. The Hall–Kier alpha value is -3.81. The number of hydrogen-bond acceptors (Lipinski definition) is 7. The molecule has 38 heavy (non-hydrogen) atoms. The number of piperazine rings is 1. The molecule has 1 saturated heterocycles. The van der Waals surface area contributed by atoms with Crippen molar-refractivity contribution >= 4 is 34.3 Å². The molecule has 200 valence electrons. The largest absolute Gasteiger partial charge is 0.497 e. The van der Waals surface area contributed by atoms with Crippen LogP contribution in [0.4, 0.5) is 23.1 Å². The van der Waals surface area contributed by atoms with Crippen molar-refractivity contribution in [2.45, 2.75) is 52.5 Å². The Kier molecular flexibility index (Phi) is 6.45. The Morgan fingerprint density at radius 1 is 1.00 bits per heavy atom. The zero-order valence-corrected chi connectivity index (χ0v) is 23.8. The van der Waals surface area contributed by atoms with E-state index in [-0.39, 0.29) is 11.0 Å². The molecule has 5 rings (SSSR count). The molecule has 3 heterocycles. The van der Waals surface area contributed by atoms with Crippen LogP contribution in [0.25, 0.3) is 11.2 Å². The SMILES string of the molecule is COc1ccc(N2CCN(c3nc(Nc4cc(C(C)(C)C)ccc4C)c4c(ncn4C)n3)CC2(C)C)cc1. The van der Waals surface area contributed by atoms with Gasteiger partial charge in [-0.2, -0.15) is 9.97 Å². The lowest BCUT2D eigenvalue weighted by atomic mass is 9.86. The fourth-order valence-corrected chi connectivity index (χ4v) is 5.19.